The average Bonchev–Trinajstić information content (AvgIpc) is 3.24. The molecule has 0 atom stereocenters. The number of anilines is 1. The summed E-state index contributed by atoms with van der Waals surface area (Å²) < 4.78 is 2.16. The first kappa shape index (κ1) is 22.0. The van der Waals surface area contributed by atoms with Crippen molar-refractivity contribution in [2.75, 3.05) is 11.1 Å². The number of carbonyl (C=O) groups is 2. The van der Waals surface area contributed by atoms with Crippen molar-refractivity contribution in [3.8, 4) is 5.69 Å². The molecule has 2 heterocycles. The molecule has 0 aliphatic rings. The SMILES string of the molecule is CC(=O)c1ccc(NC(=O)CSc2nc3ccsc3c(=O)n2-c2ccc(C)c(C)c2)cc1. The molecule has 4 aromatic rings. The molecular formula is C24H21N3O3S2. The van der Waals surface area contributed by atoms with E-state index in [2.05, 4.69) is 10.3 Å². The molecule has 0 saturated carbocycles. The maximum atomic E-state index is 13.2. The zero-order valence-corrected chi connectivity index (χ0v) is 19.5. The average molecular weight is 464 g/mol. The van der Waals surface area contributed by atoms with Crippen LogP contribution in [0.5, 0.6) is 0 Å². The maximum Gasteiger partial charge on any atom is 0.276 e. The Bertz CT molecular complexity index is 1390. The van der Waals surface area contributed by atoms with E-state index in [0.717, 1.165) is 16.8 Å². The largest absolute Gasteiger partial charge is 0.325 e. The van der Waals surface area contributed by atoms with Gasteiger partial charge in [0, 0.05) is 11.3 Å². The Labute approximate surface area is 193 Å². The minimum Gasteiger partial charge on any atom is -0.325 e. The summed E-state index contributed by atoms with van der Waals surface area (Å²) in [7, 11) is 0. The summed E-state index contributed by atoms with van der Waals surface area (Å²) in [6.07, 6.45) is 0. The van der Waals surface area contributed by atoms with Crippen LogP contribution >= 0.6 is 23.1 Å². The number of fused-ring (bicyclic) bond motifs is 1. The molecular weight excluding hydrogens is 442 g/mol. The normalized spacial score (nSPS) is 11.0. The summed E-state index contributed by atoms with van der Waals surface area (Å²) in [5.74, 6) is -0.170. The molecule has 4 rings (SSSR count). The second-order valence-electron chi connectivity index (χ2n) is 7.41. The molecule has 0 bridgehead atoms. The lowest BCUT2D eigenvalue weighted by molar-refractivity contribution is -0.113. The van der Waals surface area contributed by atoms with E-state index < -0.39 is 0 Å². The number of thioether (sulfide) groups is 1. The number of hydrogen-bond donors (Lipinski definition) is 1. The van der Waals surface area contributed by atoms with Gasteiger partial charge in [-0.05, 0) is 79.7 Å². The number of amides is 1. The Balaban J connectivity index is 1.60. The van der Waals surface area contributed by atoms with E-state index in [0.29, 0.717) is 26.6 Å². The predicted octanol–water partition coefficient (Wildman–Crippen LogP) is 5.00. The molecule has 0 saturated heterocycles. The van der Waals surface area contributed by atoms with Crippen LogP contribution in [-0.4, -0.2) is 27.0 Å². The predicted molar refractivity (Wildman–Crippen MR) is 130 cm³/mol. The van der Waals surface area contributed by atoms with Crippen LogP contribution in [0.2, 0.25) is 0 Å². The molecule has 8 heteroatoms. The summed E-state index contributed by atoms with van der Waals surface area (Å²) in [5.41, 5.74) is 4.61. The molecule has 0 spiro atoms. The van der Waals surface area contributed by atoms with Crippen LogP contribution in [0.25, 0.3) is 15.9 Å². The van der Waals surface area contributed by atoms with Crippen LogP contribution < -0.4 is 10.9 Å². The van der Waals surface area contributed by atoms with Crippen molar-refractivity contribution < 1.29 is 9.59 Å². The number of nitrogens with zero attached hydrogens (tertiary/aromatic N) is 2. The van der Waals surface area contributed by atoms with Gasteiger partial charge in [-0.15, -0.1) is 11.3 Å². The number of aryl methyl sites for hydroxylation is 2. The van der Waals surface area contributed by atoms with Crippen molar-refractivity contribution in [3.63, 3.8) is 0 Å². The third kappa shape index (κ3) is 4.51. The van der Waals surface area contributed by atoms with Gasteiger partial charge in [0.1, 0.15) is 4.70 Å². The summed E-state index contributed by atoms with van der Waals surface area (Å²) in [6.45, 7) is 5.51. The molecule has 0 aliphatic carbocycles. The molecule has 32 heavy (non-hydrogen) atoms. The Hall–Kier alpha value is -3.23. The van der Waals surface area contributed by atoms with E-state index in [1.807, 2.05) is 43.5 Å². The van der Waals surface area contributed by atoms with Gasteiger partial charge in [0.2, 0.25) is 5.91 Å². The molecule has 2 aromatic heterocycles. The Morgan fingerprint density at radius 3 is 2.50 bits per heavy atom. The summed E-state index contributed by atoms with van der Waals surface area (Å²) >= 11 is 2.57. The van der Waals surface area contributed by atoms with Gasteiger partial charge in [-0.3, -0.25) is 19.0 Å². The van der Waals surface area contributed by atoms with E-state index in [-0.39, 0.29) is 23.0 Å². The monoisotopic (exact) mass is 463 g/mol. The smallest absolute Gasteiger partial charge is 0.276 e. The molecule has 0 unspecified atom stereocenters. The first-order valence-corrected chi connectivity index (χ1v) is 11.8. The Morgan fingerprint density at radius 1 is 1.06 bits per heavy atom. The van der Waals surface area contributed by atoms with Gasteiger partial charge in [-0.25, -0.2) is 4.98 Å². The van der Waals surface area contributed by atoms with Crippen molar-refractivity contribution in [2.45, 2.75) is 25.9 Å². The van der Waals surface area contributed by atoms with Crippen molar-refractivity contribution in [1.29, 1.82) is 0 Å². The van der Waals surface area contributed by atoms with E-state index in [9.17, 15) is 14.4 Å². The van der Waals surface area contributed by atoms with Gasteiger partial charge in [0.15, 0.2) is 10.9 Å². The van der Waals surface area contributed by atoms with E-state index in [1.54, 1.807) is 28.8 Å². The maximum absolute atomic E-state index is 13.2. The van der Waals surface area contributed by atoms with Gasteiger partial charge in [-0.2, -0.15) is 0 Å². The van der Waals surface area contributed by atoms with Crippen LogP contribution in [0, 0.1) is 13.8 Å². The standard InChI is InChI=1S/C24H21N3O3S2/c1-14-4-9-19(12-15(14)2)27-23(30)22-20(10-11-31-22)26-24(27)32-13-21(29)25-18-7-5-17(6-8-18)16(3)28/h4-12H,13H2,1-3H3,(H,25,29). The number of carbonyl (C=O) groups excluding carboxylic acids is 2. The minimum atomic E-state index is -0.225. The quantitative estimate of drug-likeness (QED) is 0.247. The number of benzene rings is 2. The van der Waals surface area contributed by atoms with Crippen LogP contribution in [0.15, 0.2) is 63.9 Å². The number of hydrogen-bond acceptors (Lipinski definition) is 6. The van der Waals surface area contributed by atoms with Crippen molar-refractivity contribution in [2.24, 2.45) is 0 Å². The number of aromatic nitrogens is 2. The van der Waals surface area contributed by atoms with Gasteiger partial charge >= 0.3 is 0 Å². The number of rotatable bonds is 6. The molecule has 2 aromatic carbocycles. The fraction of sp³-hybridized carbons (Fsp3) is 0.167. The minimum absolute atomic E-state index is 0.0300. The number of nitrogens with one attached hydrogen (secondary N) is 1. The second kappa shape index (κ2) is 9.10. The van der Waals surface area contributed by atoms with Crippen LogP contribution in [0.4, 0.5) is 5.69 Å². The highest BCUT2D eigenvalue weighted by Gasteiger charge is 2.16. The highest BCUT2D eigenvalue weighted by Crippen LogP contribution is 2.25. The lowest BCUT2D eigenvalue weighted by atomic mass is 10.1. The zero-order valence-electron chi connectivity index (χ0n) is 17.8. The molecule has 0 fully saturated rings. The molecule has 1 N–H and O–H groups in total. The van der Waals surface area contributed by atoms with Crippen LogP contribution in [0.1, 0.15) is 28.4 Å². The molecule has 0 aliphatic heterocycles. The first-order valence-electron chi connectivity index (χ1n) is 9.95. The molecule has 1 amide bonds. The van der Waals surface area contributed by atoms with Crippen molar-refractivity contribution in [3.05, 3.63) is 81.0 Å². The van der Waals surface area contributed by atoms with E-state index >= 15 is 0 Å². The zero-order chi connectivity index (χ0) is 22.8. The third-order valence-corrected chi connectivity index (χ3v) is 6.94. The summed E-state index contributed by atoms with van der Waals surface area (Å²) in [5, 5.41) is 5.12. The number of Topliss-reactive ketones (excluding diaryl/α,β-unsaturated/α-hetero) is 1. The van der Waals surface area contributed by atoms with Gasteiger partial charge in [0.05, 0.1) is 17.0 Å². The Morgan fingerprint density at radius 2 is 1.81 bits per heavy atom. The first-order chi connectivity index (χ1) is 15.3. The second-order valence-corrected chi connectivity index (χ2v) is 9.27. The number of thiophene rings is 1. The molecule has 6 nitrogen and oxygen atoms in total. The van der Waals surface area contributed by atoms with E-state index in [1.165, 1.54) is 30.0 Å². The highest BCUT2D eigenvalue weighted by atomic mass is 32.2. The van der Waals surface area contributed by atoms with E-state index in [4.69, 9.17) is 0 Å². The fourth-order valence-electron chi connectivity index (χ4n) is 3.20. The van der Waals surface area contributed by atoms with Gasteiger partial charge in [-0.1, -0.05) is 17.8 Å². The van der Waals surface area contributed by atoms with Crippen molar-refractivity contribution in [1.82, 2.24) is 9.55 Å². The lowest BCUT2D eigenvalue weighted by Crippen LogP contribution is -2.22. The summed E-state index contributed by atoms with van der Waals surface area (Å²) in [4.78, 5) is 41.8. The van der Waals surface area contributed by atoms with Crippen LogP contribution in [0.3, 0.4) is 0 Å². The fourth-order valence-corrected chi connectivity index (χ4v) is 4.77. The van der Waals surface area contributed by atoms with Gasteiger partial charge in [0.25, 0.3) is 5.56 Å². The molecule has 162 valence electrons. The lowest BCUT2D eigenvalue weighted by Gasteiger charge is -2.13. The van der Waals surface area contributed by atoms with Crippen LogP contribution in [-0.2, 0) is 4.79 Å². The van der Waals surface area contributed by atoms with Crippen molar-refractivity contribution >= 4 is 50.7 Å². The topological polar surface area (TPSA) is 81.1 Å². The molecule has 0 radical (unpaired) electrons. The summed E-state index contributed by atoms with van der Waals surface area (Å²) in [6, 6.07) is 14.4. The highest BCUT2D eigenvalue weighted by molar-refractivity contribution is 7.99. The number of ketones is 1. The van der Waals surface area contributed by atoms with Gasteiger partial charge < -0.3 is 5.32 Å². The third-order valence-electron chi connectivity index (χ3n) is 5.11. The Kier molecular flexibility index (Phi) is 6.25.